The van der Waals surface area contributed by atoms with Crippen molar-refractivity contribution in [3.05, 3.63) is 101 Å². The van der Waals surface area contributed by atoms with Gasteiger partial charge in [0.05, 0.1) is 19.3 Å². The molecule has 28 heavy (non-hydrogen) atoms. The number of ether oxygens (including phenoxy) is 3. The minimum absolute atomic E-state index is 0.516. The van der Waals surface area contributed by atoms with Crippen LogP contribution in [0.2, 0.25) is 0 Å². The van der Waals surface area contributed by atoms with Gasteiger partial charge in [-0.1, -0.05) is 60.1 Å². The number of halogens is 1. The Labute approximate surface area is 169 Å². The molecule has 0 fully saturated rings. The van der Waals surface area contributed by atoms with Crippen LogP contribution in [0.1, 0.15) is 16.7 Å². The largest absolute Gasteiger partial charge is 0.493 e. The first-order valence-electron chi connectivity index (χ1n) is 8.88. The summed E-state index contributed by atoms with van der Waals surface area (Å²) in [5.41, 5.74) is 3.88. The SMILES string of the molecule is COc1ccc(C2=C(Cl)C=C(c3ccccc3)c3ccccc3O2)cc1OC. The van der Waals surface area contributed by atoms with Crippen molar-refractivity contribution in [1.29, 1.82) is 0 Å². The van der Waals surface area contributed by atoms with E-state index in [0.29, 0.717) is 22.3 Å². The molecule has 3 aromatic rings. The molecule has 0 aromatic heterocycles. The summed E-state index contributed by atoms with van der Waals surface area (Å²) in [6.07, 6.45) is 1.95. The number of fused-ring (bicyclic) bond motifs is 1. The van der Waals surface area contributed by atoms with Gasteiger partial charge in [0.2, 0.25) is 0 Å². The molecule has 3 nitrogen and oxygen atoms in total. The van der Waals surface area contributed by atoms with Gasteiger partial charge < -0.3 is 14.2 Å². The second-order valence-electron chi connectivity index (χ2n) is 6.27. The van der Waals surface area contributed by atoms with Crippen LogP contribution in [0.15, 0.2) is 83.9 Å². The lowest BCUT2D eigenvalue weighted by Gasteiger charge is -2.15. The molecular formula is C24H19ClO3. The highest BCUT2D eigenvalue weighted by Crippen LogP contribution is 2.41. The number of benzene rings is 3. The number of rotatable bonds is 4. The van der Waals surface area contributed by atoms with Crippen LogP contribution in [0.5, 0.6) is 17.2 Å². The Kier molecular flexibility index (Phi) is 5.09. The quantitative estimate of drug-likeness (QED) is 0.535. The van der Waals surface area contributed by atoms with Gasteiger partial charge in [-0.25, -0.2) is 0 Å². The van der Waals surface area contributed by atoms with E-state index in [1.807, 2.05) is 66.7 Å². The average Bonchev–Trinajstić information content (AvgIpc) is 2.90. The zero-order valence-corrected chi connectivity index (χ0v) is 16.4. The summed E-state index contributed by atoms with van der Waals surface area (Å²) >= 11 is 6.73. The van der Waals surface area contributed by atoms with E-state index in [1.54, 1.807) is 14.2 Å². The molecule has 0 aliphatic carbocycles. The van der Waals surface area contributed by atoms with Crippen LogP contribution in [-0.4, -0.2) is 14.2 Å². The third-order valence-electron chi connectivity index (χ3n) is 4.61. The standard InChI is InChI=1S/C24H19ClO3/c1-26-22-13-12-17(14-23(22)27-2)24-20(25)15-19(16-8-4-3-5-9-16)18-10-6-7-11-21(18)28-24/h3-15H,1-2H3. The molecule has 4 heteroatoms. The average molecular weight is 391 g/mol. The molecule has 4 rings (SSSR count). The molecule has 0 saturated carbocycles. The molecule has 0 saturated heterocycles. The smallest absolute Gasteiger partial charge is 0.161 e. The Balaban J connectivity index is 1.89. The second kappa shape index (κ2) is 7.83. The van der Waals surface area contributed by atoms with E-state index in [0.717, 1.165) is 28.0 Å². The Bertz CT molecular complexity index is 1070. The first-order valence-corrected chi connectivity index (χ1v) is 9.25. The van der Waals surface area contributed by atoms with Crippen LogP contribution in [0, 0.1) is 0 Å². The van der Waals surface area contributed by atoms with E-state index in [9.17, 15) is 0 Å². The van der Waals surface area contributed by atoms with Gasteiger partial charge in [0.15, 0.2) is 17.3 Å². The lowest BCUT2D eigenvalue weighted by Crippen LogP contribution is -1.99. The summed E-state index contributed by atoms with van der Waals surface area (Å²) < 4.78 is 17.0. The van der Waals surface area contributed by atoms with Gasteiger partial charge in [0.25, 0.3) is 0 Å². The van der Waals surface area contributed by atoms with Gasteiger partial charge in [-0.05, 0) is 41.5 Å². The third-order valence-corrected chi connectivity index (χ3v) is 4.89. The number of para-hydroxylation sites is 1. The maximum atomic E-state index is 6.73. The van der Waals surface area contributed by atoms with Crippen LogP contribution >= 0.6 is 11.6 Å². The highest BCUT2D eigenvalue weighted by molar-refractivity contribution is 6.34. The summed E-state index contributed by atoms with van der Waals surface area (Å²) in [7, 11) is 3.21. The fraction of sp³-hybridized carbons (Fsp3) is 0.0833. The van der Waals surface area contributed by atoms with Gasteiger partial charge in [0.1, 0.15) is 5.75 Å². The van der Waals surface area contributed by atoms with Crippen molar-refractivity contribution in [2.24, 2.45) is 0 Å². The van der Waals surface area contributed by atoms with Crippen molar-refractivity contribution in [2.75, 3.05) is 14.2 Å². The van der Waals surface area contributed by atoms with Crippen molar-refractivity contribution >= 4 is 22.9 Å². The van der Waals surface area contributed by atoms with Crippen LogP contribution in [0.3, 0.4) is 0 Å². The van der Waals surface area contributed by atoms with Crippen molar-refractivity contribution < 1.29 is 14.2 Å². The topological polar surface area (TPSA) is 27.7 Å². The molecule has 3 aromatic carbocycles. The van der Waals surface area contributed by atoms with E-state index in [-0.39, 0.29) is 0 Å². The monoisotopic (exact) mass is 390 g/mol. The van der Waals surface area contributed by atoms with Gasteiger partial charge in [-0.3, -0.25) is 0 Å². The maximum Gasteiger partial charge on any atom is 0.161 e. The summed E-state index contributed by atoms with van der Waals surface area (Å²) in [5.74, 6) is 2.59. The van der Waals surface area contributed by atoms with Crippen LogP contribution in [0.4, 0.5) is 0 Å². The molecule has 1 heterocycles. The summed E-state index contributed by atoms with van der Waals surface area (Å²) in [5, 5.41) is 0.516. The van der Waals surface area contributed by atoms with E-state index in [2.05, 4.69) is 12.1 Å². The van der Waals surface area contributed by atoms with Crippen molar-refractivity contribution in [1.82, 2.24) is 0 Å². The first kappa shape index (κ1) is 18.2. The predicted octanol–water partition coefficient (Wildman–Crippen LogP) is 6.14. The van der Waals surface area contributed by atoms with Crippen LogP contribution in [-0.2, 0) is 0 Å². The minimum Gasteiger partial charge on any atom is -0.493 e. The molecule has 1 aliphatic heterocycles. The van der Waals surface area contributed by atoms with Crippen LogP contribution in [0.25, 0.3) is 11.3 Å². The highest BCUT2D eigenvalue weighted by Gasteiger charge is 2.21. The molecule has 0 bridgehead atoms. The summed E-state index contributed by atoms with van der Waals surface area (Å²) in [6, 6.07) is 23.7. The van der Waals surface area contributed by atoms with E-state index in [4.69, 9.17) is 25.8 Å². The van der Waals surface area contributed by atoms with Gasteiger partial charge in [-0.2, -0.15) is 0 Å². The number of hydrogen-bond donors (Lipinski definition) is 0. The Morgan fingerprint density at radius 1 is 0.750 bits per heavy atom. The van der Waals surface area contributed by atoms with E-state index in [1.165, 1.54) is 0 Å². The fourth-order valence-electron chi connectivity index (χ4n) is 3.24. The third kappa shape index (κ3) is 3.37. The maximum absolute atomic E-state index is 6.73. The Hall–Kier alpha value is -3.17. The van der Waals surface area contributed by atoms with Crippen molar-refractivity contribution in [2.45, 2.75) is 0 Å². The molecule has 0 spiro atoms. The molecule has 1 aliphatic rings. The van der Waals surface area contributed by atoms with Crippen molar-refractivity contribution in [3.63, 3.8) is 0 Å². The predicted molar refractivity (Wildman–Crippen MR) is 113 cm³/mol. The Morgan fingerprint density at radius 2 is 1.46 bits per heavy atom. The number of methoxy groups -OCH3 is 2. The molecule has 0 radical (unpaired) electrons. The highest BCUT2D eigenvalue weighted by atomic mass is 35.5. The Morgan fingerprint density at radius 3 is 2.21 bits per heavy atom. The number of allylic oxidation sites excluding steroid dienone is 2. The molecule has 0 unspecified atom stereocenters. The zero-order valence-electron chi connectivity index (χ0n) is 15.6. The molecule has 0 amide bonds. The molecule has 0 N–H and O–H groups in total. The normalized spacial score (nSPS) is 13.2. The molecule has 140 valence electrons. The minimum atomic E-state index is 0.516. The lowest BCUT2D eigenvalue weighted by molar-refractivity contribution is 0.354. The fourth-order valence-corrected chi connectivity index (χ4v) is 3.49. The lowest BCUT2D eigenvalue weighted by atomic mass is 9.97. The van der Waals surface area contributed by atoms with Crippen molar-refractivity contribution in [3.8, 4) is 17.2 Å². The van der Waals surface area contributed by atoms with E-state index < -0.39 is 0 Å². The van der Waals surface area contributed by atoms with Gasteiger partial charge >= 0.3 is 0 Å². The molecule has 0 atom stereocenters. The first-order chi connectivity index (χ1) is 13.7. The molecular weight excluding hydrogens is 372 g/mol. The summed E-state index contributed by atoms with van der Waals surface area (Å²) in [6.45, 7) is 0. The van der Waals surface area contributed by atoms with Crippen LogP contribution < -0.4 is 14.2 Å². The number of hydrogen-bond acceptors (Lipinski definition) is 3. The van der Waals surface area contributed by atoms with Gasteiger partial charge in [0, 0.05) is 11.1 Å². The second-order valence-corrected chi connectivity index (χ2v) is 6.68. The zero-order chi connectivity index (χ0) is 19.5. The van der Waals surface area contributed by atoms with Gasteiger partial charge in [-0.15, -0.1) is 0 Å². The summed E-state index contributed by atoms with van der Waals surface area (Å²) in [4.78, 5) is 0. The van der Waals surface area contributed by atoms with E-state index >= 15 is 0 Å².